The van der Waals surface area contributed by atoms with Gasteiger partial charge in [-0.1, -0.05) is 29.8 Å². The molecule has 8 nitrogen and oxygen atoms in total. The molecule has 0 saturated carbocycles. The largest absolute Gasteiger partial charge is 0.496 e. The van der Waals surface area contributed by atoms with Gasteiger partial charge in [-0.05, 0) is 31.2 Å². The third-order valence-corrected chi connectivity index (χ3v) is 6.98. The molecule has 1 spiro atoms. The van der Waals surface area contributed by atoms with Gasteiger partial charge in [-0.15, -0.1) is 0 Å². The molecule has 3 aliphatic rings. The molecular weight excluding hydrogens is 434 g/mol. The molecule has 3 heterocycles. The Bertz CT molecular complexity index is 1150. The summed E-state index contributed by atoms with van der Waals surface area (Å²) in [5.74, 6) is -2.68. The average Bonchev–Trinajstić information content (AvgIpc) is 3.35. The van der Waals surface area contributed by atoms with Gasteiger partial charge in [0.25, 0.3) is 0 Å². The molecule has 0 radical (unpaired) electrons. The number of anilines is 1. The van der Waals surface area contributed by atoms with Crippen LogP contribution in [-0.4, -0.2) is 47.0 Å². The summed E-state index contributed by atoms with van der Waals surface area (Å²) in [6.45, 7) is 1.56. The molecule has 2 fully saturated rings. The molecule has 3 amide bonds. The highest BCUT2D eigenvalue weighted by Gasteiger charge is 2.71. The fourth-order valence-electron chi connectivity index (χ4n) is 5.34. The van der Waals surface area contributed by atoms with E-state index in [-0.39, 0.29) is 6.54 Å². The van der Waals surface area contributed by atoms with Gasteiger partial charge in [-0.25, -0.2) is 0 Å². The fourth-order valence-corrected chi connectivity index (χ4v) is 5.51. The third-order valence-electron chi connectivity index (χ3n) is 6.74. The van der Waals surface area contributed by atoms with Crippen LogP contribution in [0.5, 0.6) is 5.75 Å². The number of aliphatic hydroxyl groups is 1. The molecular formula is C23H22ClN3O5. The Morgan fingerprint density at radius 1 is 1.19 bits per heavy atom. The molecule has 5 rings (SSSR count). The Morgan fingerprint density at radius 2 is 1.94 bits per heavy atom. The topological polar surface area (TPSA) is 108 Å². The Hall–Kier alpha value is -2.94. The van der Waals surface area contributed by atoms with Crippen molar-refractivity contribution in [3.05, 3.63) is 58.6 Å². The highest BCUT2D eigenvalue weighted by atomic mass is 35.5. The lowest BCUT2D eigenvalue weighted by Gasteiger charge is -2.30. The number of likely N-dealkylation sites (tertiary alicyclic amines) is 1. The lowest BCUT2D eigenvalue weighted by Crippen LogP contribution is -2.54. The molecule has 0 unspecified atom stereocenters. The van der Waals surface area contributed by atoms with Crippen molar-refractivity contribution in [1.82, 2.24) is 10.2 Å². The minimum Gasteiger partial charge on any atom is -0.496 e. The second-order valence-electron chi connectivity index (χ2n) is 8.44. The van der Waals surface area contributed by atoms with E-state index in [0.29, 0.717) is 27.6 Å². The number of nitrogens with one attached hydrogen (secondary N) is 2. The highest BCUT2D eigenvalue weighted by molar-refractivity contribution is 6.31. The van der Waals surface area contributed by atoms with Crippen molar-refractivity contribution >= 4 is 35.0 Å². The predicted octanol–water partition coefficient (Wildman–Crippen LogP) is 1.65. The smallest absolute Gasteiger partial charge is 0.250 e. The van der Waals surface area contributed by atoms with Gasteiger partial charge >= 0.3 is 0 Å². The van der Waals surface area contributed by atoms with Crippen molar-refractivity contribution < 1.29 is 24.2 Å². The maximum atomic E-state index is 13.7. The van der Waals surface area contributed by atoms with Gasteiger partial charge in [0.15, 0.2) is 0 Å². The maximum absolute atomic E-state index is 13.7. The monoisotopic (exact) mass is 455 g/mol. The number of imide groups is 1. The molecule has 2 saturated heterocycles. The van der Waals surface area contributed by atoms with E-state index < -0.39 is 47.2 Å². The first kappa shape index (κ1) is 20.9. The van der Waals surface area contributed by atoms with Crippen LogP contribution in [-0.2, 0) is 26.5 Å². The number of ether oxygens (including phenoxy) is 1. The SMILES string of the molecule is COc1ccccc1CN1C(=O)[C@H]2[C@H]([C@@H](C)O)N[C@]3(C(=O)Nc4ccc(Cl)cc43)[C@@H]2C1=O. The minimum atomic E-state index is -1.49. The van der Waals surface area contributed by atoms with Gasteiger partial charge in [0.1, 0.15) is 11.3 Å². The van der Waals surface area contributed by atoms with E-state index in [4.69, 9.17) is 16.3 Å². The molecule has 3 N–H and O–H groups in total. The number of nitrogens with zero attached hydrogens (tertiary/aromatic N) is 1. The number of carbonyl (C=O) groups excluding carboxylic acids is 3. The second-order valence-corrected chi connectivity index (χ2v) is 8.88. The van der Waals surface area contributed by atoms with Crippen molar-refractivity contribution in [3.8, 4) is 5.75 Å². The lowest BCUT2D eigenvalue weighted by molar-refractivity contribution is -0.143. The number of fused-ring (bicyclic) bond motifs is 4. The highest BCUT2D eigenvalue weighted by Crippen LogP contribution is 2.54. The number of benzene rings is 2. The number of para-hydroxylation sites is 1. The summed E-state index contributed by atoms with van der Waals surface area (Å²) in [5.41, 5.74) is 0.217. The quantitative estimate of drug-likeness (QED) is 0.605. The van der Waals surface area contributed by atoms with Crippen molar-refractivity contribution in [2.24, 2.45) is 11.8 Å². The number of amides is 3. The summed E-state index contributed by atoms with van der Waals surface area (Å²) in [4.78, 5) is 41.7. The molecule has 2 aromatic carbocycles. The molecule has 0 aliphatic carbocycles. The summed E-state index contributed by atoms with van der Waals surface area (Å²) in [5, 5.41) is 16.8. The van der Waals surface area contributed by atoms with Gasteiger partial charge < -0.3 is 15.2 Å². The minimum absolute atomic E-state index is 0.0152. The van der Waals surface area contributed by atoms with Crippen LogP contribution in [0.4, 0.5) is 5.69 Å². The van der Waals surface area contributed by atoms with Gasteiger partial charge in [-0.3, -0.25) is 24.6 Å². The maximum Gasteiger partial charge on any atom is 0.250 e. The standard InChI is InChI=1S/C23H22ClN3O5/c1-11(28)19-17-18(23(26-19)14-9-13(24)7-8-15(14)25-22(23)31)21(30)27(20(17)29)10-12-5-3-4-6-16(12)32-2/h3-9,11,17-19,26,28H,10H2,1-2H3,(H,25,31)/t11-,17-,18+,19+,23+/m1/s1. The predicted molar refractivity (Wildman–Crippen MR) is 116 cm³/mol. The number of halogens is 1. The van der Waals surface area contributed by atoms with E-state index in [1.165, 1.54) is 12.0 Å². The second kappa shape index (κ2) is 7.30. The van der Waals surface area contributed by atoms with E-state index >= 15 is 0 Å². The Balaban J connectivity index is 1.62. The van der Waals surface area contributed by atoms with E-state index in [9.17, 15) is 19.5 Å². The van der Waals surface area contributed by atoms with Gasteiger partial charge in [0.05, 0.1) is 31.6 Å². The zero-order valence-electron chi connectivity index (χ0n) is 17.5. The van der Waals surface area contributed by atoms with Crippen LogP contribution in [0.1, 0.15) is 18.1 Å². The van der Waals surface area contributed by atoms with Crippen LogP contribution < -0.4 is 15.4 Å². The summed E-state index contributed by atoms with van der Waals surface area (Å²) in [6.07, 6.45) is -0.971. The van der Waals surface area contributed by atoms with E-state index in [2.05, 4.69) is 10.6 Å². The van der Waals surface area contributed by atoms with E-state index in [0.717, 1.165) is 0 Å². The Morgan fingerprint density at radius 3 is 2.66 bits per heavy atom. The normalized spacial score (nSPS) is 29.3. The molecule has 32 heavy (non-hydrogen) atoms. The number of aliphatic hydroxyl groups excluding tert-OH is 1. The molecule has 9 heteroatoms. The van der Waals surface area contributed by atoms with E-state index in [1.807, 2.05) is 0 Å². The number of methoxy groups -OCH3 is 1. The van der Waals surface area contributed by atoms with Crippen molar-refractivity contribution in [3.63, 3.8) is 0 Å². The summed E-state index contributed by atoms with van der Waals surface area (Å²) in [6, 6.07) is 11.3. The summed E-state index contributed by atoms with van der Waals surface area (Å²) >= 11 is 6.22. The first-order valence-corrected chi connectivity index (χ1v) is 10.7. The van der Waals surface area contributed by atoms with Crippen molar-refractivity contribution in [2.75, 3.05) is 12.4 Å². The zero-order valence-corrected chi connectivity index (χ0v) is 18.2. The first-order chi connectivity index (χ1) is 15.3. The Labute approximate surface area is 189 Å². The summed E-state index contributed by atoms with van der Waals surface area (Å²) in [7, 11) is 1.52. The van der Waals surface area contributed by atoms with Gasteiger partial charge in [0.2, 0.25) is 17.7 Å². The van der Waals surface area contributed by atoms with Crippen LogP contribution in [0, 0.1) is 11.8 Å². The molecule has 5 atom stereocenters. The summed E-state index contributed by atoms with van der Waals surface area (Å²) < 4.78 is 5.37. The van der Waals surface area contributed by atoms with Crippen molar-refractivity contribution in [2.45, 2.75) is 31.2 Å². The van der Waals surface area contributed by atoms with Gasteiger partial charge in [-0.2, -0.15) is 0 Å². The molecule has 2 aromatic rings. The third kappa shape index (κ3) is 2.73. The average molecular weight is 456 g/mol. The fraction of sp³-hybridized carbons (Fsp3) is 0.348. The van der Waals surface area contributed by atoms with Crippen LogP contribution in [0.15, 0.2) is 42.5 Å². The molecule has 0 aromatic heterocycles. The number of rotatable bonds is 4. The number of hydrogen-bond acceptors (Lipinski definition) is 6. The Kier molecular flexibility index (Phi) is 4.77. The van der Waals surface area contributed by atoms with Crippen LogP contribution in [0.2, 0.25) is 5.02 Å². The van der Waals surface area contributed by atoms with Crippen LogP contribution in [0.3, 0.4) is 0 Å². The number of hydrogen-bond donors (Lipinski definition) is 3. The van der Waals surface area contributed by atoms with E-state index in [1.54, 1.807) is 49.4 Å². The van der Waals surface area contributed by atoms with Gasteiger partial charge in [0, 0.05) is 27.9 Å². The lowest BCUT2D eigenvalue weighted by atomic mass is 9.76. The zero-order chi connectivity index (χ0) is 22.8. The van der Waals surface area contributed by atoms with Crippen LogP contribution >= 0.6 is 11.6 Å². The van der Waals surface area contributed by atoms with Crippen molar-refractivity contribution in [1.29, 1.82) is 0 Å². The molecule has 166 valence electrons. The first-order valence-electron chi connectivity index (χ1n) is 10.3. The molecule has 0 bridgehead atoms. The van der Waals surface area contributed by atoms with Crippen LogP contribution in [0.25, 0.3) is 0 Å². The molecule has 3 aliphatic heterocycles. The number of carbonyl (C=O) groups is 3.